The standard InChI is InChI=1S/C18H23NO2/c1-12-3-2-4-14(7-12)18(20)19-10-15-8-16(19)9-17(15)21-11-13-5-6-13/h2-4,7,13,15-17H,5-6,8-11H2,1H3/t15-,16+,17-/m1/s1. The van der Waals surface area contributed by atoms with Gasteiger partial charge < -0.3 is 9.64 Å². The smallest absolute Gasteiger partial charge is 0.254 e. The molecule has 0 N–H and O–H groups in total. The molecule has 2 aliphatic carbocycles. The molecule has 3 atom stereocenters. The van der Waals surface area contributed by atoms with E-state index in [0.717, 1.165) is 43.0 Å². The minimum absolute atomic E-state index is 0.201. The van der Waals surface area contributed by atoms with Crippen LogP contribution in [-0.2, 0) is 4.74 Å². The first kappa shape index (κ1) is 13.3. The SMILES string of the molecule is Cc1cccc(C(=O)N2C[C@H]3C[C@H]2C[C@H]3OCC2CC2)c1. The van der Waals surface area contributed by atoms with Crippen molar-refractivity contribution in [3.8, 4) is 0 Å². The highest BCUT2D eigenvalue weighted by molar-refractivity contribution is 5.94. The molecule has 1 aromatic rings. The second kappa shape index (κ2) is 5.13. The van der Waals surface area contributed by atoms with Gasteiger partial charge in [-0.15, -0.1) is 0 Å². The van der Waals surface area contributed by atoms with Crippen LogP contribution in [0.3, 0.4) is 0 Å². The van der Waals surface area contributed by atoms with E-state index >= 15 is 0 Å². The quantitative estimate of drug-likeness (QED) is 0.851. The maximum Gasteiger partial charge on any atom is 0.254 e. The molecule has 3 heteroatoms. The normalized spacial score (nSPS) is 30.9. The van der Waals surface area contributed by atoms with Crippen molar-refractivity contribution >= 4 is 5.91 Å². The van der Waals surface area contributed by atoms with Crippen LogP contribution in [0.5, 0.6) is 0 Å². The number of benzene rings is 1. The predicted molar refractivity (Wildman–Crippen MR) is 81.2 cm³/mol. The van der Waals surface area contributed by atoms with Crippen LogP contribution in [0.1, 0.15) is 41.6 Å². The topological polar surface area (TPSA) is 29.5 Å². The molecule has 1 heterocycles. The molecule has 4 rings (SSSR count). The number of carbonyl (C=O) groups excluding carboxylic acids is 1. The van der Waals surface area contributed by atoms with Gasteiger partial charge in [-0.25, -0.2) is 0 Å². The third-order valence-electron chi connectivity index (χ3n) is 5.25. The summed E-state index contributed by atoms with van der Waals surface area (Å²) in [6.07, 6.45) is 5.26. The number of likely N-dealkylation sites (tertiary alicyclic amines) is 1. The Morgan fingerprint density at radius 1 is 1.33 bits per heavy atom. The average molecular weight is 285 g/mol. The van der Waals surface area contributed by atoms with Crippen molar-refractivity contribution in [2.75, 3.05) is 13.2 Å². The Hall–Kier alpha value is -1.35. The highest BCUT2D eigenvalue weighted by Crippen LogP contribution is 2.41. The van der Waals surface area contributed by atoms with Gasteiger partial charge in [-0.2, -0.15) is 0 Å². The summed E-state index contributed by atoms with van der Waals surface area (Å²) < 4.78 is 6.08. The second-order valence-corrected chi connectivity index (χ2v) is 7.03. The Balaban J connectivity index is 1.39. The summed E-state index contributed by atoms with van der Waals surface area (Å²) in [6, 6.07) is 8.33. The molecule has 1 amide bonds. The number of carbonyl (C=O) groups is 1. The number of hydrogen-bond donors (Lipinski definition) is 0. The van der Waals surface area contributed by atoms with Crippen LogP contribution in [0, 0.1) is 18.8 Å². The fourth-order valence-electron chi connectivity index (χ4n) is 3.85. The maximum absolute atomic E-state index is 12.7. The van der Waals surface area contributed by atoms with Crippen LogP contribution in [0.25, 0.3) is 0 Å². The highest BCUT2D eigenvalue weighted by atomic mass is 16.5. The lowest BCUT2D eigenvalue weighted by molar-refractivity contribution is -0.00315. The van der Waals surface area contributed by atoms with Crippen molar-refractivity contribution < 1.29 is 9.53 Å². The summed E-state index contributed by atoms with van der Waals surface area (Å²) in [6.45, 7) is 3.86. The Bertz CT molecular complexity index is 552. The third-order valence-corrected chi connectivity index (χ3v) is 5.25. The van der Waals surface area contributed by atoms with E-state index in [1.54, 1.807) is 0 Å². The molecular weight excluding hydrogens is 262 g/mol. The van der Waals surface area contributed by atoms with Gasteiger partial charge in [0.15, 0.2) is 0 Å². The van der Waals surface area contributed by atoms with E-state index in [1.807, 2.05) is 31.2 Å². The first-order valence-corrected chi connectivity index (χ1v) is 8.20. The summed E-state index contributed by atoms with van der Waals surface area (Å²) in [7, 11) is 0. The molecule has 2 bridgehead atoms. The number of aryl methyl sites for hydroxylation is 1. The number of hydrogen-bond acceptors (Lipinski definition) is 2. The first-order valence-electron chi connectivity index (χ1n) is 8.20. The molecule has 3 nitrogen and oxygen atoms in total. The highest BCUT2D eigenvalue weighted by Gasteiger charge is 2.47. The van der Waals surface area contributed by atoms with Crippen LogP contribution in [0.4, 0.5) is 0 Å². The van der Waals surface area contributed by atoms with Crippen molar-refractivity contribution in [3.63, 3.8) is 0 Å². The van der Waals surface area contributed by atoms with Crippen LogP contribution >= 0.6 is 0 Å². The van der Waals surface area contributed by atoms with E-state index in [4.69, 9.17) is 4.74 Å². The van der Waals surface area contributed by atoms with E-state index in [1.165, 1.54) is 12.8 Å². The Kier molecular flexibility index (Phi) is 3.26. The van der Waals surface area contributed by atoms with Gasteiger partial charge >= 0.3 is 0 Å². The zero-order chi connectivity index (χ0) is 14.4. The van der Waals surface area contributed by atoms with Crippen molar-refractivity contribution in [1.29, 1.82) is 0 Å². The van der Waals surface area contributed by atoms with Gasteiger partial charge in [-0.3, -0.25) is 4.79 Å². The third kappa shape index (κ3) is 2.59. The summed E-state index contributed by atoms with van der Waals surface area (Å²) in [5, 5.41) is 0. The molecule has 0 radical (unpaired) electrons. The van der Waals surface area contributed by atoms with Gasteiger partial charge in [0, 0.05) is 30.7 Å². The fourth-order valence-corrected chi connectivity index (χ4v) is 3.85. The fraction of sp³-hybridized carbons (Fsp3) is 0.611. The van der Waals surface area contributed by atoms with Crippen molar-refractivity contribution in [3.05, 3.63) is 35.4 Å². The molecule has 2 saturated carbocycles. The molecule has 1 aliphatic heterocycles. The molecule has 0 spiro atoms. The number of amides is 1. The number of nitrogens with zero attached hydrogens (tertiary/aromatic N) is 1. The number of piperidine rings is 1. The summed E-state index contributed by atoms with van der Waals surface area (Å²) in [5.41, 5.74) is 1.98. The molecule has 21 heavy (non-hydrogen) atoms. The van der Waals surface area contributed by atoms with Crippen molar-refractivity contribution in [2.24, 2.45) is 11.8 Å². The summed E-state index contributed by atoms with van der Waals surface area (Å²) >= 11 is 0. The molecule has 0 aromatic heterocycles. The van der Waals surface area contributed by atoms with Crippen molar-refractivity contribution in [2.45, 2.75) is 44.8 Å². The number of fused-ring (bicyclic) bond motifs is 2. The summed E-state index contributed by atoms with van der Waals surface area (Å²) in [5.74, 6) is 1.59. The first-order chi connectivity index (χ1) is 10.2. The van der Waals surface area contributed by atoms with Gasteiger partial charge in [0.25, 0.3) is 5.91 Å². The van der Waals surface area contributed by atoms with Gasteiger partial charge in [-0.1, -0.05) is 17.7 Å². The molecule has 3 fully saturated rings. The average Bonchev–Trinajstić information content (AvgIpc) is 3.11. The Labute approximate surface area is 126 Å². The summed E-state index contributed by atoms with van der Waals surface area (Å²) in [4.78, 5) is 14.7. The van der Waals surface area contributed by atoms with Gasteiger partial charge in [-0.05, 0) is 50.7 Å². The lowest BCUT2D eigenvalue weighted by Gasteiger charge is -2.31. The zero-order valence-corrected chi connectivity index (χ0v) is 12.6. The number of ether oxygens (including phenoxy) is 1. The van der Waals surface area contributed by atoms with Crippen LogP contribution in [-0.4, -0.2) is 36.1 Å². The van der Waals surface area contributed by atoms with E-state index in [9.17, 15) is 4.79 Å². The largest absolute Gasteiger partial charge is 0.377 e. The van der Waals surface area contributed by atoms with Gasteiger partial charge in [0.1, 0.15) is 0 Å². The maximum atomic E-state index is 12.7. The lowest BCUT2D eigenvalue weighted by Crippen LogP contribution is -2.42. The van der Waals surface area contributed by atoms with E-state index in [2.05, 4.69) is 4.90 Å². The molecule has 112 valence electrons. The zero-order valence-electron chi connectivity index (χ0n) is 12.6. The van der Waals surface area contributed by atoms with Gasteiger partial charge in [0.05, 0.1) is 6.10 Å². The monoisotopic (exact) mass is 285 g/mol. The van der Waals surface area contributed by atoms with Crippen LogP contribution < -0.4 is 0 Å². The predicted octanol–water partition coefficient (Wildman–Crippen LogP) is 3.02. The molecule has 0 unspecified atom stereocenters. The van der Waals surface area contributed by atoms with Gasteiger partial charge in [0.2, 0.25) is 0 Å². The Morgan fingerprint density at radius 2 is 2.19 bits per heavy atom. The van der Waals surface area contributed by atoms with E-state index in [0.29, 0.717) is 18.1 Å². The molecule has 1 aromatic carbocycles. The minimum atomic E-state index is 0.201. The lowest BCUT2D eigenvalue weighted by atomic mass is 10.0. The van der Waals surface area contributed by atoms with Crippen LogP contribution in [0.2, 0.25) is 0 Å². The van der Waals surface area contributed by atoms with E-state index in [-0.39, 0.29) is 5.91 Å². The minimum Gasteiger partial charge on any atom is -0.377 e. The Morgan fingerprint density at radius 3 is 2.86 bits per heavy atom. The van der Waals surface area contributed by atoms with Crippen LogP contribution in [0.15, 0.2) is 24.3 Å². The second-order valence-electron chi connectivity index (χ2n) is 7.03. The molecular formula is C18H23NO2. The van der Waals surface area contributed by atoms with Crippen molar-refractivity contribution in [1.82, 2.24) is 4.90 Å². The molecule has 1 saturated heterocycles. The molecule has 3 aliphatic rings. The number of rotatable bonds is 4. The van der Waals surface area contributed by atoms with E-state index < -0.39 is 0 Å².